The Morgan fingerprint density at radius 3 is 2.43 bits per heavy atom. The molecule has 1 heteroatoms. The fraction of sp³-hybridized carbons (Fsp3) is 0.308. The van der Waals surface area contributed by atoms with Crippen LogP contribution < -0.4 is 0 Å². The monoisotopic (exact) mass is 185 g/mol. The number of aliphatic imine (C=N–C) groups is 1. The van der Waals surface area contributed by atoms with E-state index in [1.807, 2.05) is 12.3 Å². The van der Waals surface area contributed by atoms with Crippen molar-refractivity contribution in [2.45, 2.75) is 20.3 Å². The Kier molecular flexibility index (Phi) is 2.49. The molecule has 0 amide bonds. The predicted molar refractivity (Wildman–Crippen MR) is 60.5 cm³/mol. The van der Waals surface area contributed by atoms with Crippen molar-refractivity contribution in [3.8, 4) is 0 Å². The van der Waals surface area contributed by atoms with Crippen LogP contribution in [0, 0.1) is 5.92 Å². The van der Waals surface area contributed by atoms with Crippen molar-refractivity contribution < 1.29 is 0 Å². The minimum absolute atomic E-state index is 0.611. The van der Waals surface area contributed by atoms with Gasteiger partial charge in [0, 0.05) is 12.6 Å². The zero-order chi connectivity index (χ0) is 9.97. The highest BCUT2D eigenvalue weighted by Gasteiger charge is 2.13. The number of hydrogen-bond donors (Lipinski definition) is 0. The van der Waals surface area contributed by atoms with E-state index in [1.165, 1.54) is 16.8 Å². The van der Waals surface area contributed by atoms with E-state index in [-0.39, 0.29) is 0 Å². The third kappa shape index (κ3) is 1.77. The highest BCUT2D eigenvalue weighted by molar-refractivity contribution is 6.03. The topological polar surface area (TPSA) is 12.4 Å². The first-order valence-electron chi connectivity index (χ1n) is 5.08. The summed E-state index contributed by atoms with van der Waals surface area (Å²) in [6, 6.07) is 10.4. The third-order valence-electron chi connectivity index (χ3n) is 2.61. The van der Waals surface area contributed by atoms with Crippen LogP contribution in [-0.2, 0) is 0 Å². The van der Waals surface area contributed by atoms with Crippen LogP contribution in [0.3, 0.4) is 0 Å². The third-order valence-corrected chi connectivity index (χ3v) is 2.61. The molecule has 0 spiro atoms. The molecule has 2 rings (SSSR count). The maximum Gasteiger partial charge on any atom is 0.0516 e. The van der Waals surface area contributed by atoms with Gasteiger partial charge in [-0.15, -0.1) is 0 Å². The molecule has 0 bridgehead atoms. The van der Waals surface area contributed by atoms with Gasteiger partial charge in [0.25, 0.3) is 0 Å². The number of rotatable bonds is 2. The molecule has 1 aliphatic heterocycles. The van der Waals surface area contributed by atoms with E-state index in [4.69, 9.17) is 0 Å². The van der Waals surface area contributed by atoms with Crippen molar-refractivity contribution in [3.63, 3.8) is 0 Å². The van der Waals surface area contributed by atoms with Gasteiger partial charge in [-0.1, -0.05) is 44.2 Å². The van der Waals surface area contributed by atoms with E-state index in [2.05, 4.69) is 43.1 Å². The summed E-state index contributed by atoms with van der Waals surface area (Å²) in [6.07, 6.45) is 3.04. The molecule has 1 aliphatic rings. The summed E-state index contributed by atoms with van der Waals surface area (Å²) in [6.45, 7) is 4.44. The zero-order valence-electron chi connectivity index (χ0n) is 8.70. The lowest BCUT2D eigenvalue weighted by atomic mass is 9.98. The molecule has 0 fully saturated rings. The standard InChI is InChI=1S/C13H15N/c1-10(2)12-8-13(14-9-12)11-6-4-3-5-7-11/h3-7,9-10H,8H2,1-2H3. The normalized spacial score (nSPS) is 15.6. The molecule has 0 N–H and O–H groups in total. The maximum absolute atomic E-state index is 4.46. The minimum atomic E-state index is 0.611. The van der Waals surface area contributed by atoms with Crippen LogP contribution in [0.4, 0.5) is 0 Å². The van der Waals surface area contributed by atoms with E-state index >= 15 is 0 Å². The summed E-state index contributed by atoms with van der Waals surface area (Å²) in [5, 5.41) is 0. The van der Waals surface area contributed by atoms with E-state index in [0.29, 0.717) is 5.92 Å². The number of benzene rings is 1. The molecule has 0 saturated carbocycles. The maximum atomic E-state index is 4.46. The van der Waals surface area contributed by atoms with Crippen molar-refractivity contribution in [1.82, 2.24) is 0 Å². The smallest absolute Gasteiger partial charge is 0.0516 e. The zero-order valence-corrected chi connectivity index (χ0v) is 8.70. The average Bonchev–Trinajstić information content (AvgIpc) is 2.68. The summed E-state index contributed by atoms with van der Waals surface area (Å²) in [7, 11) is 0. The fourth-order valence-electron chi connectivity index (χ4n) is 1.61. The second kappa shape index (κ2) is 3.79. The second-order valence-corrected chi connectivity index (χ2v) is 3.98. The number of allylic oxidation sites excluding steroid dienone is 1. The van der Waals surface area contributed by atoms with E-state index in [0.717, 1.165) is 6.42 Å². The van der Waals surface area contributed by atoms with Crippen LogP contribution in [0.2, 0.25) is 0 Å². The van der Waals surface area contributed by atoms with Crippen LogP contribution in [0.1, 0.15) is 25.8 Å². The Balaban J connectivity index is 2.13. The molecule has 0 aromatic heterocycles. The van der Waals surface area contributed by atoms with Crippen LogP contribution in [0.15, 0.2) is 47.1 Å². The summed E-state index contributed by atoms with van der Waals surface area (Å²) in [5.41, 5.74) is 3.89. The van der Waals surface area contributed by atoms with Gasteiger partial charge in [-0.2, -0.15) is 0 Å². The highest BCUT2D eigenvalue weighted by Crippen LogP contribution is 2.22. The lowest BCUT2D eigenvalue weighted by molar-refractivity contribution is 0.758. The first kappa shape index (κ1) is 9.20. The first-order chi connectivity index (χ1) is 6.77. The molecule has 0 radical (unpaired) electrons. The Labute approximate surface area is 85.2 Å². The second-order valence-electron chi connectivity index (χ2n) is 3.98. The van der Waals surface area contributed by atoms with Gasteiger partial charge < -0.3 is 0 Å². The summed E-state index contributed by atoms with van der Waals surface area (Å²) in [4.78, 5) is 4.46. The molecule has 14 heavy (non-hydrogen) atoms. The van der Waals surface area contributed by atoms with Gasteiger partial charge in [0.15, 0.2) is 0 Å². The Hall–Kier alpha value is -1.37. The molecular formula is C13H15N. The number of nitrogens with zero attached hydrogens (tertiary/aromatic N) is 1. The summed E-state index contributed by atoms with van der Waals surface area (Å²) >= 11 is 0. The van der Waals surface area contributed by atoms with Gasteiger partial charge in [0.2, 0.25) is 0 Å². The van der Waals surface area contributed by atoms with Crippen LogP contribution in [-0.4, -0.2) is 5.71 Å². The van der Waals surface area contributed by atoms with Crippen LogP contribution >= 0.6 is 0 Å². The van der Waals surface area contributed by atoms with E-state index in [9.17, 15) is 0 Å². The molecular weight excluding hydrogens is 170 g/mol. The molecule has 1 aromatic rings. The van der Waals surface area contributed by atoms with Crippen molar-refractivity contribution >= 4 is 5.71 Å². The first-order valence-corrected chi connectivity index (χ1v) is 5.08. The van der Waals surface area contributed by atoms with Gasteiger partial charge >= 0.3 is 0 Å². The van der Waals surface area contributed by atoms with Crippen molar-refractivity contribution in [2.24, 2.45) is 10.9 Å². The van der Waals surface area contributed by atoms with Crippen LogP contribution in [0.5, 0.6) is 0 Å². The molecule has 1 heterocycles. The summed E-state index contributed by atoms with van der Waals surface area (Å²) < 4.78 is 0. The Morgan fingerprint density at radius 2 is 1.86 bits per heavy atom. The van der Waals surface area contributed by atoms with Crippen molar-refractivity contribution in [1.29, 1.82) is 0 Å². The molecule has 72 valence electrons. The van der Waals surface area contributed by atoms with E-state index < -0.39 is 0 Å². The Morgan fingerprint density at radius 1 is 1.14 bits per heavy atom. The SMILES string of the molecule is CC(C)C1=CN=C(c2ccccc2)C1. The van der Waals surface area contributed by atoms with Gasteiger partial charge in [-0.05, 0) is 17.1 Å². The quantitative estimate of drug-likeness (QED) is 0.669. The number of hydrogen-bond acceptors (Lipinski definition) is 1. The predicted octanol–water partition coefficient (Wildman–Crippen LogP) is 3.42. The lowest BCUT2D eigenvalue weighted by Gasteiger charge is -2.06. The highest BCUT2D eigenvalue weighted by atomic mass is 14.7. The van der Waals surface area contributed by atoms with Gasteiger partial charge in [0.05, 0.1) is 5.71 Å². The van der Waals surface area contributed by atoms with Gasteiger partial charge in [-0.3, -0.25) is 4.99 Å². The van der Waals surface area contributed by atoms with Crippen LogP contribution in [0.25, 0.3) is 0 Å². The minimum Gasteiger partial charge on any atom is -0.260 e. The molecule has 0 aliphatic carbocycles. The van der Waals surface area contributed by atoms with Crippen molar-refractivity contribution in [2.75, 3.05) is 0 Å². The lowest BCUT2D eigenvalue weighted by Crippen LogP contribution is -2.00. The van der Waals surface area contributed by atoms with Gasteiger partial charge in [0.1, 0.15) is 0 Å². The molecule has 0 atom stereocenters. The molecule has 1 aromatic carbocycles. The Bertz CT molecular complexity index is 371. The van der Waals surface area contributed by atoms with Gasteiger partial charge in [-0.25, -0.2) is 0 Å². The average molecular weight is 185 g/mol. The summed E-state index contributed by atoms with van der Waals surface area (Å²) in [5.74, 6) is 0.611. The van der Waals surface area contributed by atoms with Crippen molar-refractivity contribution in [3.05, 3.63) is 47.7 Å². The molecule has 1 nitrogen and oxygen atoms in total. The van der Waals surface area contributed by atoms with E-state index in [1.54, 1.807) is 0 Å². The fourth-order valence-corrected chi connectivity index (χ4v) is 1.61. The molecule has 0 unspecified atom stereocenters. The largest absolute Gasteiger partial charge is 0.260 e. The molecule has 0 saturated heterocycles.